The van der Waals surface area contributed by atoms with Gasteiger partial charge >= 0.3 is 5.69 Å². The lowest BCUT2D eigenvalue weighted by Gasteiger charge is -2.04. The first kappa shape index (κ1) is 13.1. The Morgan fingerprint density at radius 1 is 1.26 bits per heavy atom. The molecule has 0 saturated carbocycles. The molecule has 1 aromatic carbocycles. The van der Waals surface area contributed by atoms with Crippen molar-refractivity contribution in [1.82, 2.24) is 0 Å². The van der Waals surface area contributed by atoms with E-state index in [1.807, 2.05) is 0 Å². The van der Waals surface area contributed by atoms with Crippen LogP contribution in [-0.4, -0.2) is 11.2 Å². The Kier molecular flexibility index (Phi) is 3.52. The van der Waals surface area contributed by atoms with Gasteiger partial charge in [0.15, 0.2) is 22.9 Å². The van der Waals surface area contributed by atoms with Crippen molar-refractivity contribution >= 4 is 23.3 Å². The van der Waals surface area contributed by atoms with Crippen LogP contribution in [0.4, 0.5) is 14.5 Å². The smallest absolute Gasteiger partial charge is 0.307 e. The highest BCUT2D eigenvalue weighted by atomic mass is 32.1. The number of carbonyl (C=O) groups is 1. The van der Waals surface area contributed by atoms with Gasteiger partial charge in [-0.2, -0.15) is 4.39 Å². The summed E-state index contributed by atoms with van der Waals surface area (Å²) in [5.74, 6) is -2.75. The van der Waals surface area contributed by atoms with Gasteiger partial charge in [-0.15, -0.1) is 0 Å². The first-order chi connectivity index (χ1) is 9.01. The van der Waals surface area contributed by atoms with Crippen LogP contribution in [0.5, 0.6) is 10.8 Å². The second kappa shape index (κ2) is 5.11. The Hall–Kier alpha value is -2.35. The topological polar surface area (TPSA) is 69.4 Å². The molecule has 0 radical (unpaired) electrons. The molecular weight excluding hydrogens is 280 g/mol. The minimum atomic E-state index is -1.20. The van der Waals surface area contributed by atoms with E-state index in [9.17, 15) is 23.7 Å². The van der Waals surface area contributed by atoms with E-state index in [2.05, 4.69) is 0 Å². The molecular formula is C11H5F2NO4S. The molecule has 0 aliphatic heterocycles. The highest BCUT2D eigenvalue weighted by Crippen LogP contribution is 2.33. The Bertz CT molecular complexity index is 656. The number of ether oxygens (including phenoxy) is 1. The number of halogens is 2. The van der Waals surface area contributed by atoms with Crippen LogP contribution in [0.1, 0.15) is 9.67 Å². The first-order valence-corrected chi connectivity index (χ1v) is 5.69. The molecule has 0 unspecified atom stereocenters. The Morgan fingerprint density at radius 3 is 2.58 bits per heavy atom. The van der Waals surface area contributed by atoms with Crippen LogP contribution in [-0.2, 0) is 0 Å². The van der Waals surface area contributed by atoms with Gasteiger partial charge in [0, 0.05) is 6.07 Å². The number of carbonyl (C=O) groups excluding carboxylic acids is 1. The molecule has 0 saturated heterocycles. The summed E-state index contributed by atoms with van der Waals surface area (Å²) in [5.41, 5.74) is -0.968. The lowest BCUT2D eigenvalue weighted by molar-refractivity contribution is -0.387. The summed E-state index contributed by atoms with van der Waals surface area (Å²) >= 11 is 0.940. The van der Waals surface area contributed by atoms with E-state index < -0.39 is 28.0 Å². The zero-order valence-electron chi connectivity index (χ0n) is 9.13. The average Bonchev–Trinajstić information content (AvgIpc) is 2.80. The van der Waals surface area contributed by atoms with Gasteiger partial charge in [-0.05, 0) is 12.1 Å². The number of rotatable bonds is 4. The molecule has 2 rings (SSSR count). The molecule has 0 spiro atoms. The third-order valence-electron chi connectivity index (χ3n) is 2.13. The van der Waals surface area contributed by atoms with Crippen LogP contribution in [0.25, 0.3) is 0 Å². The summed E-state index contributed by atoms with van der Waals surface area (Å²) in [6, 6.07) is 3.90. The molecule has 0 amide bonds. The molecule has 2 aromatic rings. The highest BCUT2D eigenvalue weighted by molar-refractivity contribution is 7.15. The molecule has 5 nitrogen and oxygen atoms in total. The van der Waals surface area contributed by atoms with E-state index in [4.69, 9.17) is 4.74 Å². The average molecular weight is 285 g/mol. The third kappa shape index (κ3) is 2.74. The molecule has 8 heteroatoms. The van der Waals surface area contributed by atoms with Crippen LogP contribution in [0.3, 0.4) is 0 Å². The minimum Gasteiger partial charge on any atom is -0.443 e. The van der Waals surface area contributed by atoms with Crippen LogP contribution >= 0.6 is 11.3 Å². The SMILES string of the molecule is O=Cc1ccc(Oc2cc(F)c([N+](=O)[O-])cc2F)s1. The summed E-state index contributed by atoms with van der Waals surface area (Å²) in [6.45, 7) is 0. The van der Waals surface area contributed by atoms with Crippen molar-refractivity contribution in [2.45, 2.75) is 0 Å². The van der Waals surface area contributed by atoms with Crippen molar-refractivity contribution in [2.75, 3.05) is 0 Å². The summed E-state index contributed by atoms with van der Waals surface area (Å²) in [5, 5.41) is 10.6. The molecule has 0 bridgehead atoms. The molecule has 0 aliphatic rings. The van der Waals surface area contributed by atoms with Gasteiger partial charge in [0.2, 0.25) is 5.82 Å². The van der Waals surface area contributed by atoms with Crippen molar-refractivity contribution in [3.63, 3.8) is 0 Å². The fourth-order valence-electron chi connectivity index (χ4n) is 1.30. The van der Waals surface area contributed by atoms with Crippen LogP contribution < -0.4 is 4.74 Å². The summed E-state index contributed by atoms with van der Waals surface area (Å²) < 4.78 is 31.8. The minimum absolute atomic E-state index is 0.175. The largest absolute Gasteiger partial charge is 0.443 e. The van der Waals surface area contributed by atoms with Gasteiger partial charge in [-0.3, -0.25) is 14.9 Å². The third-order valence-corrected chi connectivity index (χ3v) is 3.02. The van der Waals surface area contributed by atoms with E-state index in [0.717, 1.165) is 11.3 Å². The number of thiophene rings is 1. The molecule has 0 fully saturated rings. The Labute approximate surface area is 109 Å². The van der Waals surface area contributed by atoms with Crippen molar-refractivity contribution < 1.29 is 23.2 Å². The molecule has 0 atom stereocenters. The lowest BCUT2D eigenvalue weighted by Crippen LogP contribution is -1.96. The maximum absolute atomic E-state index is 13.5. The molecule has 1 aromatic heterocycles. The summed E-state index contributed by atoms with van der Waals surface area (Å²) in [7, 11) is 0. The predicted octanol–water partition coefficient (Wildman–Crippen LogP) is 3.54. The van der Waals surface area contributed by atoms with Gasteiger partial charge in [0.1, 0.15) is 0 Å². The number of nitro groups is 1. The molecule has 1 heterocycles. The number of hydrogen-bond donors (Lipinski definition) is 0. The van der Waals surface area contributed by atoms with Crippen molar-refractivity contribution in [2.24, 2.45) is 0 Å². The van der Waals surface area contributed by atoms with Gasteiger partial charge in [-0.25, -0.2) is 4.39 Å². The molecule has 0 N–H and O–H groups in total. The summed E-state index contributed by atoms with van der Waals surface area (Å²) in [6.07, 6.45) is 0.588. The number of nitro benzene ring substituents is 1. The predicted molar refractivity (Wildman–Crippen MR) is 62.8 cm³/mol. The van der Waals surface area contributed by atoms with Crippen LogP contribution in [0.15, 0.2) is 24.3 Å². The van der Waals surface area contributed by atoms with E-state index in [1.165, 1.54) is 12.1 Å². The first-order valence-electron chi connectivity index (χ1n) is 4.87. The maximum Gasteiger partial charge on any atom is 0.307 e. The monoisotopic (exact) mass is 285 g/mol. The van der Waals surface area contributed by atoms with E-state index >= 15 is 0 Å². The van der Waals surface area contributed by atoms with Gasteiger partial charge in [0.25, 0.3) is 0 Å². The van der Waals surface area contributed by atoms with Crippen LogP contribution in [0.2, 0.25) is 0 Å². The highest BCUT2D eigenvalue weighted by Gasteiger charge is 2.20. The zero-order valence-corrected chi connectivity index (χ0v) is 9.95. The zero-order chi connectivity index (χ0) is 14.0. The second-order valence-electron chi connectivity index (χ2n) is 3.37. The van der Waals surface area contributed by atoms with Gasteiger partial charge in [0.05, 0.1) is 15.9 Å². The van der Waals surface area contributed by atoms with Crippen molar-refractivity contribution in [3.05, 3.63) is 50.9 Å². The number of benzene rings is 1. The lowest BCUT2D eigenvalue weighted by atomic mass is 10.3. The van der Waals surface area contributed by atoms with Gasteiger partial charge < -0.3 is 4.74 Å². The fraction of sp³-hybridized carbons (Fsp3) is 0. The van der Waals surface area contributed by atoms with E-state index in [-0.39, 0.29) is 5.06 Å². The van der Waals surface area contributed by atoms with Crippen molar-refractivity contribution in [3.8, 4) is 10.8 Å². The number of nitrogens with zero attached hydrogens (tertiary/aromatic N) is 1. The Morgan fingerprint density at radius 2 is 2.00 bits per heavy atom. The summed E-state index contributed by atoms with van der Waals surface area (Å²) in [4.78, 5) is 20.2. The normalized spacial score (nSPS) is 10.2. The Balaban J connectivity index is 2.33. The quantitative estimate of drug-likeness (QED) is 0.489. The molecule has 0 aliphatic carbocycles. The second-order valence-corrected chi connectivity index (χ2v) is 4.45. The van der Waals surface area contributed by atoms with Gasteiger partial charge in [-0.1, -0.05) is 11.3 Å². The number of hydrogen-bond acceptors (Lipinski definition) is 5. The standard InChI is InChI=1S/C11H5F2NO4S/c12-7-4-10(8(13)3-9(7)14(16)17)18-11-2-1-6(5-15)19-11/h1-5H. The van der Waals surface area contributed by atoms with Crippen LogP contribution in [0, 0.1) is 21.7 Å². The number of aldehydes is 1. The van der Waals surface area contributed by atoms with E-state index in [0.29, 0.717) is 23.3 Å². The molecule has 98 valence electrons. The fourth-order valence-corrected chi connectivity index (χ4v) is 1.98. The molecule has 19 heavy (non-hydrogen) atoms. The maximum atomic E-state index is 13.5. The van der Waals surface area contributed by atoms with E-state index in [1.54, 1.807) is 0 Å². The van der Waals surface area contributed by atoms with Crippen molar-refractivity contribution in [1.29, 1.82) is 0 Å².